The Morgan fingerprint density at radius 2 is 1.54 bits per heavy atom. The minimum Gasteiger partial charge on any atom is -0.493 e. The highest BCUT2D eigenvalue weighted by Crippen LogP contribution is 2.41. The number of ether oxygens (including phenoxy) is 3. The number of methoxy groups -OCH3 is 3. The van der Waals surface area contributed by atoms with Crippen molar-refractivity contribution in [3.63, 3.8) is 0 Å². The molecule has 0 aliphatic carbocycles. The Morgan fingerprint density at radius 3 is 2.07 bits per heavy atom. The summed E-state index contributed by atoms with van der Waals surface area (Å²) in [7, 11) is 4.50. The zero-order valence-electron chi connectivity index (χ0n) is 15.6. The molecule has 0 saturated carbocycles. The Bertz CT molecular complexity index is 1020. The largest absolute Gasteiger partial charge is 0.493 e. The zero-order valence-corrected chi connectivity index (χ0v) is 15.6. The standard InChI is InChI=1S/C21H19NO6/c1-25-17-11-14(12-18(26-2)19(17)27-3)16-10-9-15(21(24)28-16)22-20(23)13-7-5-4-6-8-13/h4-12H,1-3H3,(H,22,23). The fourth-order valence-corrected chi connectivity index (χ4v) is 2.67. The molecule has 0 aliphatic rings. The van der Waals surface area contributed by atoms with Crippen LogP contribution < -0.4 is 25.2 Å². The lowest BCUT2D eigenvalue weighted by Gasteiger charge is -2.13. The van der Waals surface area contributed by atoms with E-state index in [0.717, 1.165) is 0 Å². The third kappa shape index (κ3) is 3.83. The van der Waals surface area contributed by atoms with Crippen LogP contribution in [0, 0.1) is 0 Å². The topological polar surface area (TPSA) is 87.0 Å². The van der Waals surface area contributed by atoms with Crippen LogP contribution in [-0.2, 0) is 0 Å². The number of rotatable bonds is 6. The van der Waals surface area contributed by atoms with Gasteiger partial charge in [0.15, 0.2) is 11.5 Å². The first-order valence-corrected chi connectivity index (χ1v) is 8.38. The molecule has 1 amide bonds. The van der Waals surface area contributed by atoms with Crippen LogP contribution in [0.15, 0.2) is 63.8 Å². The number of benzene rings is 2. The predicted octanol–water partition coefficient (Wildman–Crippen LogP) is 3.58. The van der Waals surface area contributed by atoms with E-state index < -0.39 is 11.5 Å². The lowest BCUT2D eigenvalue weighted by Crippen LogP contribution is -2.17. The maximum Gasteiger partial charge on any atom is 0.360 e. The van der Waals surface area contributed by atoms with E-state index in [1.807, 2.05) is 0 Å². The van der Waals surface area contributed by atoms with Crippen LogP contribution in [0.1, 0.15) is 10.4 Å². The Kier molecular flexibility index (Phi) is 5.64. The summed E-state index contributed by atoms with van der Waals surface area (Å²) in [5.74, 6) is 1.19. The van der Waals surface area contributed by atoms with Crippen LogP contribution in [0.5, 0.6) is 17.2 Å². The van der Waals surface area contributed by atoms with Crippen molar-refractivity contribution in [2.24, 2.45) is 0 Å². The van der Waals surface area contributed by atoms with Crippen LogP contribution >= 0.6 is 0 Å². The van der Waals surface area contributed by atoms with E-state index in [1.54, 1.807) is 48.5 Å². The summed E-state index contributed by atoms with van der Waals surface area (Å²) in [5.41, 5.74) is 0.378. The normalized spacial score (nSPS) is 10.2. The van der Waals surface area contributed by atoms with Gasteiger partial charge in [0.2, 0.25) is 5.75 Å². The number of carbonyl (C=O) groups is 1. The van der Waals surface area contributed by atoms with Gasteiger partial charge in [0.05, 0.1) is 21.3 Å². The molecule has 3 aromatic rings. The molecule has 3 rings (SSSR count). The van der Waals surface area contributed by atoms with Gasteiger partial charge in [-0.15, -0.1) is 0 Å². The van der Waals surface area contributed by atoms with Gasteiger partial charge in [-0.2, -0.15) is 0 Å². The van der Waals surface area contributed by atoms with Gasteiger partial charge in [-0.05, 0) is 36.4 Å². The van der Waals surface area contributed by atoms with Crippen LogP contribution in [0.25, 0.3) is 11.3 Å². The molecular formula is C21H19NO6. The molecular weight excluding hydrogens is 362 g/mol. The Balaban J connectivity index is 1.92. The summed E-state index contributed by atoms with van der Waals surface area (Å²) < 4.78 is 21.3. The van der Waals surface area contributed by atoms with Crippen molar-refractivity contribution < 1.29 is 23.4 Å². The second-order valence-electron chi connectivity index (χ2n) is 5.73. The van der Waals surface area contributed by atoms with Crippen LogP contribution in [0.3, 0.4) is 0 Å². The fourth-order valence-electron chi connectivity index (χ4n) is 2.67. The van der Waals surface area contributed by atoms with Gasteiger partial charge in [0, 0.05) is 11.1 Å². The van der Waals surface area contributed by atoms with E-state index in [0.29, 0.717) is 34.1 Å². The van der Waals surface area contributed by atoms with E-state index in [-0.39, 0.29) is 5.69 Å². The first-order chi connectivity index (χ1) is 13.6. The van der Waals surface area contributed by atoms with Gasteiger partial charge in [0.1, 0.15) is 11.4 Å². The SMILES string of the molecule is COc1cc(-c2ccc(NC(=O)c3ccccc3)c(=O)o2)cc(OC)c1OC. The maximum atomic E-state index is 12.3. The van der Waals surface area contributed by atoms with Crippen molar-refractivity contribution >= 4 is 11.6 Å². The number of hydrogen-bond acceptors (Lipinski definition) is 6. The highest BCUT2D eigenvalue weighted by Gasteiger charge is 2.16. The summed E-state index contributed by atoms with van der Waals surface area (Å²) in [5, 5.41) is 2.55. The third-order valence-electron chi connectivity index (χ3n) is 4.06. The van der Waals surface area contributed by atoms with Gasteiger partial charge >= 0.3 is 5.63 Å². The molecule has 1 aromatic heterocycles. The van der Waals surface area contributed by atoms with Gasteiger partial charge in [-0.1, -0.05) is 18.2 Å². The Labute approximate surface area is 161 Å². The molecule has 1 heterocycles. The fraction of sp³-hybridized carbons (Fsp3) is 0.143. The summed E-state index contributed by atoms with van der Waals surface area (Å²) in [6, 6.07) is 15.0. The molecule has 1 N–H and O–H groups in total. The van der Waals surface area contributed by atoms with Gasteiger partial charge in [-0.3, -0.25) is 4.79 Å². The van der Waals surface area contributed by atoms with E-state index in [2.05, 4.69) is 5.32 Å². The van der Waals surface area contributed by atoms with E-state index in [9.17, 15) is 9.59 Å². The number of nitrogens with one attached hydrogen (secondary N) is 1. The van der Waals surface area contributed by atoms with E-state index >= 15 is 0 Å². The van der Waals surface area contributed by atoms with E-state index in [1.165, 1.54) is 27.4 Å². The summed E-state index contributed by atoms with van der Waals surface area (Å²) in [6.45, 7) is 0. The summed E-state index contributed by atoms with van der Waals surface area (Å²) in [6.07, 6.45) is 0. The molecule has 0 aliphatic heterocycles. The molecule has 2 aromatic carbocycles. The second-order valence-corrected chi connectivity index (χ2v) is 5.73. The van der Waals surface area contributed by atoms with Gasteiger partial charge in [-0.25, -0.2) is 4.79 Å². The molecule has 0 fully saturated rings. The van der Waals surface area contributed by atoms with Crippen molar-refractivity contribution in [2.45, 2.75) is 0 Å². The lowest BCUT2D eigenvalue weighted by atomic mass is 10.1. The highest BCUT2D eigenvalue weighted by molar-refractivity contribution is 6.04. The highest BCUT2D eigenvalue weighted by atomic mass is 16.5. The molecule has 0 atom stereocenters. The predicted molar refractivity (Wildman–Crippen MR) is 104 cm³/mol. The van der Waals surface area contributed by atoms with Gasteiger partial charge in [0.25, 0.3) is 5.91 Å². The molecule has 28 heavy (non-hydrogen) atoms. The average molecular weight is 381 g/mol. The van der Waals surface area contributed by atoms with E-state index in [4.69, 9.17) is 18.6 Å². The quantitative estimate of drug-likeness (QED) is 0.702. The molecule has 0 bridgehead atoms. The van der Waals surface area contributed by atoms with Crippen molar-refractivity contribution in [1.82, 2.24) is 0 Å². The number of carbonyl (C=O) groups excluding carboxylic acids is 1. The molecule has 144 valence electrons. The van der Waals surface area contributed by atoms with Crippen LogP contribution in [0.2, 0.25) is 0 Å². The third-order valence-corrected chi connectivity index (χ3v) is 4.06. The first kappa shape index (κ1) is 19.0. The van der Waals surface area contributed by atoms with Crippen molar-refractivity contribution in [1.29, 1.82) is 0 Å². The van der Waals surface area contributed by atoms with Crippen molar-refractivity contribution in [3.8, 4) is 28.6 Å². The minimum atomic E-state index is -0.671. The van der Waals surface area contributed by atoms with Gasteiger partial charge < -0.3 is 23.9 Å². The molecule has 7 heteroatoms. The lowest BCUT2D eigenvalue weighted by molar-refractivity contribution is 0.102. The Morgan fingerprint density at radius 1 is 0.893 bits per heavy atom. The van der Waals surface area contributed by atoms with Crippen LogP contribution in [-0.4, -0.2) is 27.2 Å². The molecule has 0 spiro atoms. The molecule has 7 nitrogen and oxygen atoms in total. The summed E-state index contributed by atoms with van der Waals surface area (Å²) in [4.78, 5) is 24.6. The molecule has 0 radical (unpaired) electrons. The second kappa shape index (κ2) is 8.30. The minimum absolute atomic E-state index is 0.0463. The van der Waals surface area contributed by atoms with Crippen molar-refractivity contribution in [2.75, 3.05) is 26.6 Å². The summed E-state index contributed by atoms with van der Waals surface area (Å²) >= 11 is 0. The number of hydrogen-bond donors (Lipinski definition) is 1. The number of amides is 1. The number of anilines is 1. The first-order valence-electron chi connectivity index (χ1n) is 8.38. The maximum absolute atomic E-state index is 12.3. The monoisotopic (exact) mass is 381 g/mol. The Hall–Kier alpha value is -3.74. The average Bonchev–Trinajstić information content (AvgIpc) is 2.74. The van der Waals surface area contributed by atoms with Crippen LogP contribution in [0.4, 0.5) is 5.69 Å². The smallest absolute Gasteiger partial charge is 0.360 e. The molecule has 0 unspecified atom stereocenters. The molecule has 0 saturated heterocycles. The zero-order chi connectivity index (χ0) is 20.1. The van der Waals surface area contributed by atoms with Crippen molar-refractivity contribution in [3.05, 3.63) is 70.6 Å².